The molecule has 0 unspecified atom stereocenters. The highest BCUT2D eigenvalue weighted by Crippen LogP contribution is 2.30. The second-order valence-corrected chi connectivity index (χ2v) is 5.81. The summed E-state index contributed by atoms with van der Waals surface area (Å²) in [4.78, 5) is 16.7. The van der Waals surface area contributed by atoms with Gasteiger partial charge in [-0.25, -0.2) is 4.79 Å². The maximum atomic E-state index is 12.1. The molecule has 1 aliphatic rings. The van der Waals surface area contributed by atoms with Crippen LogP contribution in [0.15, 0.2) is 53.5 Å². The summed E-state index contributed by atoms with van der Waals surface area (Å²) < 4.78 is 4.88. The van der Waals surface area contributed by atoms with Gasteiger partial charge in [-0.05, 0) is 29.8 Å². The number of carbonyl (C=O) groups excluding carboxylic acids is 1. The zero-order valence-electron chi connectivity index (χ0n) is 12.3. The van der Waals surface area contributed by atoms with Crippen molar-refractivity contribution in [3.05, 3.63) is 75.3 Å². The van der Waals surface area contributed by atoms with Gasteiger partial charge >= 0.3 is 5.97 Å². The van der Waals surface area contributed by atoms with E-state index in [0.29, 0.717) is 27.9 Å². The Morgan fingerprint density at radius 1 is 1.09 bits per heavy atom. The summed E-state index contributed by atoms with van der Waals surface area (Å²) in [7, 11) is 1.36. The minimum Gasteiger partial charge on any atom is -0.465 e. The van der Waals surface area contributed by atoms with Gasteiger partial charge in [0, 0.05) is 21.2 Å². The number of hydrogen-bond acceptors (Lipinski definition) is 3. The van der Waals surface area contributed by atoms with E-state index in [2.05, 4.69) is 4.99 Å². The van der Waals surface area contributed by atoms with Gasteiger partial charge in [0.15, 0.2) is 0 Å². The minimum absolute atomic E-state index is 0.358. The third-order valence-electron chi connectivity index (χ3n) is 3.61. The Kier molecular flexibility index (Phi) is 4.51. The van der Waals surface area contributed by atoms with Crippen LogP contribution in [0.3, 0.4) is 0 Å². The van der Waals surface area contributed by atoms with Gasteiger partial charge in [0.2, 0.25) is 0 Å². The largest absolute Gasteiger partial charge is 0.465 e. The van der Waals surface area contributed by atoms with Crippen LogP contribution in [0.5, 0.6) is 0 Å². The van der Waals surface area contributed by atoms with Crippen LogP contribution in [0.4, 0.5) is 0 Å². The Bertz CT molecular complexity index is 841. The average molecular weight is 346 g/mol. The number of methoxy groups -OCH3 is 1. The van der Waals surface area contributed by atoms with E-state index in [1.54, 1.807) is 24.3 Å². The molecular weight excluding hydrogens is 333 g/mol. The summed E-state index contributed by atoms with van der Waals surface area (Å²) in [5.74, 6) is -0.399. The van der Waals surface area contributed by atoms with Crippen molar-refractivity contribution in [1.29, 1.82) is 0 Å². The number of ether oxygens (including phenoxy) is 1. The molecule has 0 saturated heterocycles. The van der Waals surface area contributed by atoms with E-state index in [4.69, 9.17) is 27.9 Å². The highest BCUT2D eigenvalue weighted by Gasteiger charge is 2.23. The zero-order valence-corrected chi connectivity index (χ0v) is 13.9. The van der Waals surface area contributed by atoms with Gasteiger partial charge in [0.05, 0.1) is 24.9 Å². The van der Waals surface area contributed by atoms with E-state index < -0.39 is 5.97 Å². The normalized spacial score (nSPS) is 13.5. The number of carbonyl (C=O) groups is 1. The number of fused-ring (bicyclic) bond motifs is 1. The van der Waals surface area contributed by atoms with Crippen molar-refractivity contribution >= 4 is 40.5 Å². The number of halogens is 2. The molecule has 0 N–H and O–H groups in total. The maximum Gasteiger partial charge on any atom is 0.338 e. The van der Waals surface area contributed by atoms with Gasteiger partial charge in [-0.2, -0.15) is 0 Å². The fraction of sp³-hybridized carbons (Fsp3) is 0.111. The number of aliphatic imine (C=N–C) groups is 1. The first-order valence-corrected chi connectivity index (χ1v) is 7.75. The molecule has 2 aromatic carbocycles. The molecule has 0 bridgehead atoms. The first-order valence-electron chi connectivity index (χ1n) is 7.00. The number of esters is 1. The van der Waals surface area contributed by atoms with Crippen molar-refractivity contribution in [3.63, 3.8) is 0 Å². The molecule has 1 heterocycles. The fourth-order valence-corrected chi connectivity index (χ4v) is 2.95. The smallest absolute Gasteiger partial charge is 0.338 e. The standard InChI is InChI=1S/C18H13Cl2NO2/c1-23-18(22)13-8-9-21-17(14-4-2-3-5-16(14)20)15-10-11(19)6-7-12(13)15/h2-8,10H,9H2,1H3. The third-order valence-corrected chi connectivity index (χ3v) is 4.17. The minimum atomic E-state index is -0.399. The molecule has 5 heteroatoms. The first-order chi connectivity index (χ1) is 11.1. The number of rotatable bonds is 2. The predicted octanol–water partition coefficient (Wildman–Crippen LogP) is 4.40. The van der Waals surface area contributed by atoms with Crippen molar-refractivity contribution < 1.29 is 9.53 Å². The van der Waals surface area contributed by atoms with E-state index in [1.165, 1.54) is 7.11 Å². The summed E-state index contributed by atoms with van der Waals surface area (Å²) in [5, 5.41) is 1.16. The van der Waals surface area contributed by atoms with E-state index >= 15 is 0 Å². The second-order valence-electron chi connectivity index (χ2n) is 4.97. The van der Waals surface area contributed by atoms with Crippen molar-refractivity contribution in [1.82, 2.24) is 0 Å². The molecule has 2 aromatic rings. The van der Waals surface area contributed by atoms with Gasteiger partial charge < -0.3 is 4.74 Å². The van der Waals surface area contributed by atoms with Gasteiger partial charge in [0.25, 0.3) is 0 Å². The average Bonchev–Trinajstić information content (AvgIpc) is 2.74. The summed E-state index contributed by atoms with van der Waals surface area (Å²) in [6, 6.07) is 12.8. The predicted molar refractivity (Wildman–Crippen MR) is 93.4 cm³/mol. The molecule has 116 valence electrons. The Morgan fingerprint density at radius 2 is 1.87 bits per heavy atom. The molecule has 0 aliphatic carbocycles. The van der Waals surface area contributed by atoms with Crippen molar-refractivity contribution in [2.75, 3.05) is 13.7 Å². The molecule has 3 rings (SSSR count). The topological polar surface area (TPSA) is 38.7 Å². The number of nitrogens with zero attached hydrogens (tertiary/aromatic N) is 1. The van der Waals surface area contributed by atoms with Crippen molar-refractivity contribution in [2.24, 2.45) is 4.99 Å². The first kappa shape index (κ1) is 15.8. The van der Waals surface area contributed by atoms with Crippen molar-refractivity contribution in [2.45, 2.75) is 0 Å². The van der Waals surface area contributed by atoms with E-state index in [1.807, 2.05) is 24.3 Å². The van der Waals surface area contributed by atoms with Crippen LogP contribution < -0.4 is 0 Å². The van der Waals surface area contributed by atoms with Gasteiger partial charge in [0.1, 0.15) is 0 Å². The quantitative estimate of drug-likeness (QED) is 0.756. The number of hydrogen-bond donors (Lipinski definition) is 0. The summed E-state index contributed by atoms with van der Waals surface area (Å²) in [6.45, 7) is 0.358. The second kappa shape index (κ2) is 6.57. The molecule has 0 atom stereocenters. The lowest BCUT2D eigenvalue weighted by Crippen LogP contribution is -2.10. The van der Waals surface area contributed by atoms with Gasteiger partial charge in [-0.3, -0.25) is 4.99 Å². The Morgan fingerprint density at radius 3 is 2.61 bits per heavy atom. The Balaban J connectivity index is 2.22. The third kappa shape index (κ3) is 3.03. The maximum absolute atomic E-state index is 12.1. The van der Waals surface area contributed by atoms with Crippen LogP contribution in [-0.4, -0.2) is 25.3 Å². The van der Waals surface area contributed by atoms with Crippen LogP contribution >= 0.6 is 23.2 Å². The fourth-order valence-electron chi connectivity index (χ4n) is 2.56. The molecule has 0 spiro atoms. The van der Waals surface area contributed by atoms with Crippen LogP contribution in [0.1, 0.15) is 16.7 Å². The molecule has 23 heavy (non-hydrogen) atoms. The van der Waals surface area contributed by atoms with Crippen LogP contribution in [0.2, 0.25) is 10.0 Å². The van der Waals surface area contributed by atoms with Gasteiger partial charge in [-0.15, -0.1) is 0 Å². The summed E-state index contributed by atoms with van der Waals surface area (Å²) in [6.07, 6.45) is 1.75. The molecule has 1 aliphatic heterocycles. The van der Waals surface area contributed by atoms with Crippen LogP contribution in [0.25, 0.3) is 5.57 Å². The zero-order chi connectivity index (χ0) is 16.4. The highest BCUT2D eigenvalue weighted by molar-refractivity contribution is 6.37. The van der Waals surface area contributed by atoms with Crippen molar-refractivity contribution in [3.8, 4) is 0 Å². The molecule has 3 nitrogen and oxygen atoms in total. The lowest BCUT2D eigenvalue weighted by atomic mass is 9.93. The van der Waals surface area contributed by atoms with Gasteiger partial charge in [-0.1, -0.05) is 47.5 Å². The molecule has 0 radical (unpaired) electrons. The molecular formula is C18H13Cl2NO2. The monoisotopic (exact) mass is 345 g/mol. The Hall–Kier alpha value is -2.10. The summed E-state index contributed by atoms with van der Waals surface area (Å²) in [5.41, 5.74) is 3.49. The molecule has 0 amide bonds. The lowest BCUT2D eigenvalue weighted by Gasteiger charge is -2.13. The molecule has 0 saturated carbocycles. The summed E-state index contributed by atoms with van der Waals surface area (Å²) >= 11 is 12.5. The molecule has 0 fully saturated rings. The SMILES string of the molecule is COC(=O)C1=CCN=C(c2ccccc2Cl)c2cc(Cl)ccc21. The lowest BCUT2D eigenvalue weighted by molar-refractivity contribution is -0.133. The highest BCUT2D eigenvalue weighted by atomic mass is 35.5. The Labute approximate surface area is 144 Å². The van der Waals surface area contributed by atoms with Crippen LogP contribution in [0, 0.1) is 0 Å². The molecule has 0 aromatic heterocycles. The van der Waals surface area contributed by atoms with E-state index in [9.17, 15) is 4.79 Å². The van der Waals surface area contributed by atoms with E-state index in [0.717, 1.165) is 16.7 Å². The van der Waals surface area contributed by atoms with Crippen LogP contribution in [-0.2, 0) is 9.53 Å². The van der Waals surface area contributed by atoms with E-state index in [-0.39, 0.29) is 0 Å². The number of benzene rings is 2.